The van der Waals surface area contributed by atoms with Crippen molar-refractivity contribution in [2.45, 2.75) is 27.2 Å². The van der Waals surface area contributed by atoms with E-state index in [0.29, 0.717) is 11.6 Å². The maximum Gasteiger partial charge on any atom is 0.339 e. The molecular formula is C13H22N4O2. The lowest BCUT2D eigenvalue weighted by atomic mass is 10.2. The van der Waals surface area contributed by atoms with E-state index in [0.717, 1.165) is 32.6 Å². The minimum Gasteiger partial charge on any atom is -0.478 e. The Morgan fingerprint density at radius 3 is 2.68 bits per heavy atom. The number of carboxylic acids is 1. The molecule has 0 unspecified atom stereocenters. The van der Waals surface area contributed by atoms with Crippen LogP contribution < -0.4 is 5.32 Å². The molecule has 1 aromatic rings. The maximum absolute atomic E-state index is 10.8. The molecular weight excluding hydrogens is 244 g/mol. The molecule has 0 saturated heterocycles. The molecule has 0 aliphatic rings. The van der Waals surface area contributed by atoms with Crippen molar-refractivity contribution in [1.82, 2.24) is 14.9 Å². The van der Waals surface area contributed by atoms with Gasteiger partial charge in [0.05, 0.1) is 11.3 Å². The van der Waals surface area contributed by atoms with Crippen molar-refractivity contribution in [3.8, 4) is 0 Å². The van der Waals surface area contributed by atoms with Crippen molar-refractivity contribution >= 4 is 11.9 Å². The van der Waals surface area contributed by atoms with E-state index >= 15 is 0 Å². The van der Waals surface area contributed by atoms with Gasteiger partial charge in [0.1, 0.15) is 0 Å². The van der Waals surface area contributed by atoms with Crippen molar-refractivity contribution in [2.24, 2.45) is 0 Å². The van der Waals surface area contributed by atoms with Gasteiger partial charge in [-0.2, -0.15) is 0 Å². The van der Waals surface area contributed by atoms with Gasteiger partial charge in [-0.3, -0.25) is 0 Å². The lowest BCUT2D eigenvalue weighted by molar-refractivity contribution is 0.0695. The van der Waals surface area contributed by atoms with Crippen LogP contribution in [0.4, 0.5) is 5.95 Å². The maximum atomic E-state index is 10.8. The molecule has 6 heteroatoms. The van der Waals surface area contributed by atoms with E-state index in [1.54, 1.807) is 6.92 Å². The Morgan fingerprint density at radius 1 is 1.42 bits per heavy atom. The van der Waals surface area contributed by atoms with Crippen LogP contribution in [0.3, 0.4) is 0 Å². The van der Waals surface area contributed by atoms with Crippen LogP contribution in [0.15, 0.2) is 6.20 Å². The molecule has 0 spiro atoms. The topological polar surface area (TPSA) is 78.4 Å². The SMILES string of the molecule is CCCN(CC)CCNc1ncc(C(=O)O)c(C)n1. The molecule has 0 fully saturated rings. The molecule has 2 N–H and O–H groups in total. The molecule has 19 heavy (non-hydrogen) atoms. The number of carboxylic acid groups (broad SMARTS) is 1. The quantitative estimate of drug-likeness (QED) is 0.744. The number of aryl methyl sites for hydroxylation is 1. The summed E-state index contributed by atoms with van der Waals surface area (Å²) in [5.41, 5.74) is 0.623. The zero-order valence-corrected chi connectivity index (χ0v) is 11.8. The minimum atomic E-state index is -0.996. The molecule has 0 amide bonds. The minimum absolute atomic E-state index is 0.145. The Labute approximate surface area is 113 Å². The van der Waals surface area contributed by atoms with Crippen LogP contribution in [0.5, 0.6) is 0 Å². The van der Waals surface area contributed by atoms with E-state index < -0.39 is 5.97 Å². The third-order valence-corrected chi connectivity index (χ3v) is 2.91. The average molecular weight is 266 g/mol. The fraction of sp³-hybridized carbons (Fsp3) is 0.615. The van der Waals surface area contributed by atoms with Crippen LogP contribution in [0.1, 0.15) is 36.3 Å². The highest BCUT2D eigenvalue weighted by Crippen LogP contribution is 2.06. The van der Waals surface area contributed by atoms with Crippen LogP contribution in [0.2, 0.25) is 0 Å². The van der Waals surface area contributed by atoms with Gasteiger partial charge in [-0.15, -0.1) is 0 Å². The number of carbonyl (C=O) groups is 1. The summed E-state index contributed by atoms with van der Waals surface area (Å²) in [5.74, 6) is -0.515. The van der Waals surface area contributed by atoms with Crippen molar-refractivity contribution in [1.29, 1.82) is 0 Å². The largest absolute Gasteiger partial charge is 0.478 e. The van der Waals surface area contributed by atoms with E-state index in [2.05, 4.69) is 34.0 Å². The number of rotatable bonds is 8. The van der Waals surface area contributed by atoms with Crippen LogP contribution in [-0.2, 0) is 0 Å². The second-order valence-electron chi connectivity index (χ2n) is 4.36. The molecule has 6 nitrogen and oxygen atoms in total. The molecule has 0 saturated carbocycles. The lowest BCUT2D eigenvalue weighted by Gasteiger charge is -2.19. The van der Waals surface area contributed by atoms with Gasteiger partial charge >= 0.3 is 5.97 Å². The van der Waals surface area contributed by atoms with E-state index in [9.17, 15) is 4.79 Å². The molecule has 0 radical (unpaired) electrons. The van der Waals surface area contributed by atoms with E-state index in [1.807, 2.05) is 0 Å². The molecule has 0 aliphatic heterocycles. The van der Waals surface area contributed by atoms with Gasteiger partial charge in [0.15, 0.2) is 0 Å². The van der Waals surface area contributed by atoms with Crippen molar-refractivity contribution in [3.63, 3.8) is 0 Å². The van der Waals surface area contributed by atoms with Gasteiger partial charge in [0.25, 0.3) is 0 Å². The summed E-state index contributed by atoms with van der Waals surface area (Å²) in [7, 11) is 0. The van der Waals surface area contributed by atoms with Crippen LogP contribution in [-0.4, -0.2) is 52.1 Å². The summed E-state index contributed by atoms with van der Waals surface area (Å²) in [6.07, 6.45) is 2.48. The van der Waals surface area contributed by atoms with Gasteiger partial charge in [0, 0.05) is 19.3 Å². The molecule has 0 bridgehead atoms. The predicted molar refractivity (Wildman–Crippen MR) is 74.6 cm³/mol. The van der Waals surface area contributed by atoms with Gasteiger partial charge in [-0.05, 0) is 26.4 Å². The summed E-state index contributed by atoms with van der Waals surface area (Å²) in [6.45, 7) is 9.74. The molecule has 0 aromatic carbocycles. The fourth-order valence-corrected chi connectivity index (χ4v) is 1.83. The number of aromatic nitrogens is 2. The van der Waals surface area contributed by atoms with Crippen molar-refractivity contribution < 1.29 is 9.90 Å². The van der Waals surface area contributed by atoms with Gasteiger partial charge < -0.3 is 15.3 Å². The third-order valence-electron chi connectivity index (χ3n) is 2.91. The first-order valence-electron chi connectivity index (χ1n) is 6.61. The molecule has 0 aliphatic carbocycles. The Kier molecular flexibility index (Phi) is 6.21. The Morgan fingerprint density at radius 2 is 2.16 bits per heavy atom. The normalized spacial score (nSPS) is 10.7. The summed E-state index contributed by atoms with van der Waals surface area (Å²) < 4.78 is 0. The molecule has 1 heterocycles. The number of hydrogen-bond acceptors (Lipinski definition) is 5. The highest BCUT2D eigenvalue weighted by molar-refractivity contribution is 5.88. The Hall–Kier alpha value is -1.69. The second kappa shape index (κ2) is 7.68. The number of anilines is 1. The first kappa shape index (κ1) is 15.4. The van der Waals surface area contributed by atoms with Gasteiger partial charge in [-0.25, -0.2) is 14.8 Å². The number of nitrogens with one attached hydrogen (secondary N) is 1. The number of aromatic carboxylic acids is 1. The smallest absolute Gasteiger partial charge is 0.339 e. The highest BCUT2D eigenvalue weighted by Gasteiger charge is 2.09. The zero-order valence-electron chi connectivity index (χ0n) is 11.8. The van der Waals surface area contributed by atoms with Crippen LogP contribution >= 0.6 is 0 Å². The molecule has 1 aromatic heterocycles. The highest BCUT2D eigenvalue weighted by atomic mass is 16.4. The summed E-state index contributed by atoms with van der Waals surface area (Å²) in [6, 6.07) is 0. The number of hydrogen-bond donors (Lipinski definition) is 2. The predicted octanol–water partition coefficient (Wildman–Crippen LogP) is 1.63. The summed E-state index contributed by atoms with van der Waals surface area (Å²) in [5, 5.41) is 12.0. The zero-order chi connectivity index (χ0) is 14.3. The van der Waals surface area contributed by atoms with Crippen molar-refractivity contribution in [3.05, 3.63) is 17.5 Å². The molecule has 1 rings (SSSR count). The fourth-order valence-electron chi connectivity index (χ4n) is 1.83. The number of likely N-dealkylation sites (N-methyl/N-ethyl adjacent to an activating group) is 1. The van der Waals surface area contributed by atoms with Gasteiger partial charge in [0.2, 0.25) is 5.95 Å². The van der Waals surface area contributed by atoms with Crippen LogP contribution in [0.25, 0.3) is 0 Å². The summed E-state index contributed by atoms with van der Waals surface area (Å²) >= 11 is 0. The number of nitrogens with zero attached hydrogens (tertiary/aromatic N) is 3. The van der Waals surface area contributed by atoms with Crippen LogP contribution in [0, 0.1) is 6.92 Å². The Bertz CT molecular complexity index is 423. The monoisotopic (exact) mass is 266 g/mol. The first-order valence-corrected chi connectivity index (χ1v) is 6.61. The average Bonchev–Trinajstić information content (AvgIpc) is 2.37. The van der Waals surface area contributed by atoms with E-state index in [1.165, 1.54) is 6.20 Å². The first-order chi connectivity index (χ1) is 9.08. The van der Waals surface area contributed by atoms with Gasteiger partial charge in [-0.1, -0.05) is 13.8 Å². The second-order valence-corrected chi connectivity index (χ2v) is 4.36. The molecule has 106 valence electrons. The standard InChI is InChI=1S/C13H22N4O2/c1-4-7-17(5-2)8-6-14-13-15-9-11(12(18)19)10(3)16-13/h9H,4-8H2,1-3H3,(H,18,19)(H,14,15,16). The Balaban J connectivity index is 2.50. The molecule has 0 atom stereocenters. The van der Waals surface area contributed by atoms with Crippen molar-refractivity contribution in [2.75, 3.05) is 31.5 Å². The third kappa shape index (κ3) is 4.82. The lowest BCUT2D eigenvalue weighted by Crippen LogP contribution is -2.30. The van der Waals surface area contributed by atoms with E-state index in [4.69, 9.17) is 5.11 Å². The van der Waals surface area contributed by atoms with E-state index in [-0.39, 0.29) is 5.56 Å². The summed E-state index contributed by atoms with van der Waals surface area (Å²) in [4.78, 5) is 21.3.